The molecule has 0 saturated carbocycles. The lowest BCUT2D eigenvalue weighted by atomic mass is 10.0. The predicted molar refractivity (Wildman–Crippen MR) is 166 cm³/mol. The average Bonchev–Trinajstić information content (AvgIpc) is 2.96. The minimum Gasteiger partial charge on any atom is -0.494 e. The standard InChI is InChI=1S/C31H36ClFN2O8S/c1-5-43-26-11-9-19(10-12-29(40)42-4)13-20(26)14-27(37)35-30(18(2)3)31(41)34-24(15-28(38)39)25(36)17-44-16-21-22(32)7-6-8-23(21)33/h6-13,18,24,30H,5,14-17H2,1-4H3,(H,34,41)(H,35,37)(H,38,39)/t24-,30-/m0/s1. The van der Waals surface area contributed by atoms with Gasteiger partial charge >= 0.3 is 11.9 Å². The minimum absolute atomic E-state index is 0.0685. The molecule has 0 aliphatic rings. The van der Waals surface area contributed by atoms with E-state index in [4.69, 9.17) is 16.3 Å². The molecule has 0 heterocycles. The summed E-state index contributed by atoms with van der Waals surface area (Å²) in [6.45, 7) is 5.51. The summed E-state index contributed by atoms with van der Waals surface area (Å²) < 4.78 is 24.3. The Labute approximate surface area is 264 Å². The van der Waals surface area contributed by atoms with Crippen LogP contribution in [-0.2, 0) is 40.9 Å². The highest BCUT2D eigenvalue weighted by molar-refractivity contribution is 7.99. The van der Waals surface area contributed by atoms with E-state index in [1.807, 2.05) is 0 Å². The van der Waals surface area contributed by atoms with E-state index in [0.29, 0.717) is 23.5 Å². The van der Waals surface area contributed by atoms with Crippen LogP contribution in [-0.4, -0.2) is 66.2 Å². The van der Waals surface area contributed by atoms with E-state index in [2.05, 4.69) is 15.4 Å². The fraction of sp³-hybridized carbons (Fsp3) is 0.387. The van der Waals surface area contributed by atoms with Gasteiger partial charge in [0.15, 0.2) is 5.78 Å². The summed E-state index contributed by atoms with van der Waals surface area (Å²) in [7, 11) is 1.26. The molecular formula is C31H36ClFN2O8S. The number of rotatable bonds is 17. The number of esters is 1. The van der Waals surface area contributed by atoms with Crippen molar-refractivity contribution in [3.63, 3.8) is 0 Å². The van der Waals surface area contributed by atoms with Crippen molar-refractivity contribution in [1.82, 2.24) is 10.6 Å². The van der Waals surface area contributed by atoms with Gasteiger partial charge in [0.1, 0.15) is 17.6 Å². The highest BCUT2D eigenvalue weighted by atomic mass is 35.5. The quantitative estimate of drug-likeness (QED) is 0.169. The summed E-state index contributed by atoms with van der Waals surface area (Å²) in [4.78, 5) is 62.2. The van der Waals surface area contributed by atoms with Gasteiger partial charge in [-0.3, -0.25) is 19.2 Å². The Morgan fingerprint density at radius 1 is 1.11 bits per heavy atom. The number of hydrogen-bond acceptors (Lipinski definition) is 8. The summed E-state index contributed by atoms with van der Waals surface area (Å²) in [6.07, 6.45) is 1.92. The number of amides is 2. The van der Waals surface area contributed by atoms with Crippen LogP contribution in [0.25, 0.3) is 6.08 Å². The van der Waals surface area contributed by atoms with E-state index in [1.165, 1.54) is 37.5 Å². The molecule has 0 aliphatic carbocycles. The fourth-order valence-corrected chi connectivity index (χ4v) is 5.32. The summed E-state index contributed by atoms with van der Waals surface area (Å²) in [5, 5.41) is 14.7. The lowest BCUT2D eigenvalue weighted by molar-refractivity contribution is -0.140. The zero-order valence-corrected chi connectivity index (χ0v) is 26.4. The number of halogens is 2. The Morgan fingerprint density at radius 2 is 1.84 bits per heavy atom. The lowest BCUT2D eigenvalue weighted by Crippen LogP contribution is -2.54. The van der Waals surface area contributed by atoms with Crippen LogP contribution in [0.15, 0.2) is 42.5 Å². The first-order chi connectivity index (χ1) is 20.9. The zero-order valence-electron chi connectivity index (χ0n) is 24.9. The highest BCUT2D eigenvalue weighted by Gasteiger charge is 2.30. The molecule has 0 radical (unpaired) electrons. The maximum atomic E-state index is 14.1. The molecule has 0 aliphatic heterocycles. The molecule has 13 heteroatoms. The number of thioether (sulfide) groups is 1. The number of methoxy groups -OCH3 is 1. The van der Waals surface area contributed by atoms with Gasteiger partial charge < -0.3 is 25.2 Å². The number of Topliss-reactive ketones (excluding diaryl/α,β-unsaturated/α-hetero) is 1. The maximum absolute atomic E-state index is 14.1. The molecule has 0 fully saturated rings. The van der Waals surface area contributed by atoms with Gasteiger partial charge in [0.05, 0.1) is 38.4 Å². The number of nitrogens with one attached hydrogen (secondary N) is 2. The van der Waals surface area contributed by atoms with Crippen LogP contribution in [0.3, 0.4) is 0 Å². The molecule has 2 atom stereocenters. The number of benzene rings is 2. The van der Waals surface area contributed by atoms with Crippen LogP contribution in [0.4, 0.5) is 4.39 Å². The topological polar surface area (TPSA) is 148 Å². The first-order valence-electron chi connectivity index (χ1n) is 13.7. The normalized spacial score (nSPS) is 12.4. The Hall–Kier alpha value is -3.90. The monoisotopic (exact) mass is 650 g/mol. The van der Waals surface area contributed by atoms with Crippen molar-refractivity contribution in [1.29, 1.82) is 0 Å². The third kappa shape index (κ3) is 11.6. The summed E-state index contributed by atoms with van der Waals surface area (Å²) >= 11 is 7.06. The van der Waals surface area contributed by atoms with E-state index in [1.54, 1.807) is 39.0 Å². The molecule has 0 spiro atoms. The van der Waals surface area contributed by atoms with Crippen LogP contribution in [0.1, 0.15) is 43.9 Å². The van der Waals surface area contributed by atoms with Crippen LogP contribution in [0, 0.1) is 11.7 Å². The first-order valence-corrected chi connectivity index (χ1v) is 15.3. The summed E-state index contributed by atoms with van der Waals surface area (Å²) in [5.41, 5.74) is 1.33. The number of carboxylic acids is 1. The van der Waals surface area contributed by atoms with E-state index < -0.39 is 59.8 Å². The number of carbonyl (C=O) groups excluding carboxylic acids is 4. The van der Waals surface area contributed by atoms with Gasteiger partial charge in [0.2, 0.25) is 11.8 Å². The molecule has 2 amide bonds. The maximum Gasteiger partial charge on any atom is 0.330 e. The number of aliphatic carboxylic acids is 1. The van der Waals surface area contributed by atoms with E-state index in [9.17, 15) is 33.5 Å². The van der Waals surface area contributed by atoms with Crippen molar-refractivity contribution >= 4 is 59.0 Å². The predicted octanol–water partition coefficient (Wildman–Crippen LogP) is 4.21. The molecule has 0 aromatic heterocycles. The minimum atomic E-state index is -1.37. The molecule has 3 N–H and O–H groups in total. The molecule has 2 aromatic rings. The fourth-order valence-electron chi connectivity index (χ4n) is 4.01. The highest BCUT2D eigenvalue weighted by Crippen LogP contribution is 2.25. The van der Waals surface area contributed by atoms with E-state index in [-0.39, 0.29) is 28.5 Å². The van der Waals surface area contributed by atoms with Gasteiger partial charge in [0.25, 0.3) is 0 Å². The van der Waals surface area contributed by atoms with Crippen LogP contribution < -0.4 is 15.4 Å². The first kappa shape index (κ1) is 36.3. The Kier molecular flexibility index (Phi) is 14.9. The van der Waals surface area contributed by atoms with Crippen molar-refractivity contribution in [2.75, 3.05) is 19.5 Å². The second kappa shape index (κ2) is 18.0. The van der Waals surface area contributed by atoms with Gasteiger partial charge in [-0.1, -0.05) is 37.6 Å². The molecule has 238 valence electrons. The molecule has 0 unspecified atom stereocenters. The molecule has 0 saturated heterocycles. The second-order valence-corrected chi connectivity index (χ2v) is 11.3. The molecule has 2 rings (SSSR count). The Morgan fingerprint density at radius 3 is 2.45 bits per heavy atom. The van der Waals surface area contributed by atoms with Gasteiger partial charge in [-0.15, -0.1) is 11.8 Å². The number of hydrogen-bond donors (Lipinski definition) is 3. The smallest absolute Gasteiger partial charge is 0.330 e. The van der Waals surface area contributed by atoms with Crippen molar-refractivity contribution in [2.45, 2.75) is 51.4 Å². The van der Waals surface area contributed by atoms with Gasteiger partial charge in [-0.05, 0) is 48.7 Å². The van der Waals surface area contributed by atoms with Crippen LogP contribution in [0.2, 0.25) is 5.02 Å². The van der Waals surface area contributed by atoms with Crippen molar-refractivity contribution in [3.8, 4) is 5.75 Å². The second-order valence-electron chi connectivity index (χ2n) is 9.94. The number of carboxylic acid groups (broad SMARTS) is 1. The van der Waals surface area contributed by atoms with Gasteiger partial charge in [0, 0.05) is 28.0 Å². The lowest BCUT2D eigenvalue weighted by Gasteiger charge is -2.25. The number of carbonyl (C=O) groups is 5. The van der Waals surface area contributed by atoms with Gasteiger partial charge in [-0.2, -0.15) is 0 Å². The molecule has 10 nitrogen and oxygen atoms in total. The van der Waals surface area contributed by atoms with Gasteiger partial charge in [-0.25, -0.2) is 9.18 Å². The van der Waals surface area contributed by atoms with Crippen molar-refractivity contribution in [2.24, 2.45) is 5.92 Å². The number of ketones is 1. The Bertz CT molecular complexity index is 1360. The molecule has 0 bridgehead atoms. The largest absolute Gasteiger partial charge is 0.494 e. The molecule has 2 aromatic carbocycles. The SMILES string of the molecule is CCOc1ccc(C=CC(=O)OC)cc1CC(=O)N[C@H](C(=O)N[C@@H](CC(=O)O)C(=O)CSCc1c(F)cccc1Cl)C(C)C. The van der Waals surface area contributed by atoms with E-state index >= 15 is 0 Å². The molecular weight excluding hydrogens is 615 g/mol. The van der Waals surface area contributed by atoms with Crippen LogP contribution in [0.5, 0.6) is 5.75 Å². The summed E-state index contributed by atoms with van der Waals surface area (Å²) in [6, 6.07) is 6.80. The van der Waals surface area contributed by atoms with Crippen LogP contribution >= 0.6 is 23.4 Å². The third-order valence-electron chi connectivity index (χ3n) is 6.25. The molecule has 44 heavy (non-hydrogen) atoms. The number of ether oxygens (including phenoxy) is 2. The third-order valence-corrected chi connectivity index (χ3v) is 7.59. The zero-order chi connectivity index (χ0) is 32.8. The Balaban J connectivity index is 2.13. The van der Waals surface area contributed by atoms with Crippen molar-refractivity contribution in [3.05, 3.63) is 70.0 Å². The van der Waals surface area contributed by atoms with Crippen molar-refractivity contribution < 1.29 is 42.9 Å². The summed E-state index contributed by atoms with van der Waals surface area (Å²) in [5.74, 6) is -4.31. The average molecular weight is 651 g/mol. The van der Waals surface area contributed by atoms with E-state index in [0.717, 1.165) is 11.8 Å².